The second kappa shape index (κ2) is 8.08. The van der Waals surface area contributed by atoms with Crippen LogP contribution in [0.5, 0.6) is 0 Å². The Balaban J connectivity index is 1.70. The summed E-state index contributed by atoms with van der Waals surface area (Å²) in [5, 5.41) is 0. The van der Waals surface area contributed by atoms with Gasteiger partial charge in [0.2, 0.25) is 0 Å². The number of aromatic nitrogens is 4. The van der Waals surface area contributed by atoms with Gasteiger partial charge in [0.15, 0.2) is 17.5 Å². The molecule has 0 aliphatic heterocycles. The van der Waals surface area contributed by atoms with Gasteiger partial charge in [0.1, 0.15) is 0 Å². The molecule has 2 aromatic heterocycles. The van der Waals surface area contributed by atoms with Gasteiger partial charge in [0.25, 0.3) is 0 Å². The van der Waals surface area contributed by atoms with Crippen LogP contribution < -0.4 is 17.2 Å². The molecule has 8 nitrogen and oxygen atoms in total. The van der Waals surface area contributed by atoms with Crippen molar-refractivity contribution in [1.29, 1.82) is 0 Å². The van der Waals surface area contributed by atoms with Crippen LogP contribution in [-0.4, -0.2) is 25.4 Å². The van der Waals surface area contributed by atoms with Crippen molar-refractivity contribution in [1.82, 2.24) is 19.5 Å². The van der Waals surface area contributed by atoms with E-state index in [1.807, 2.05) is 36.5 Å². The topological polar surface area (TPSA) is 131 Å². The first kappa shape index (κ1) is 19.2. The number of aliphatic imine (C=N–C) groups is 1. The summed E-state index contributed by atoms with van der Waals surface area (Å²) in [5.74, 6) is 1.69. The molecule has 0 saturated heterocycles. The van der Waals surface area contributed by atoms with Crippen molar-refractivity contribution in [2.24, 2.45) is 16.5 Å². The van der Waals surface area contributed by atoms with Crippen molar-refractivity contribution >= 4 is 11.7 Å². The van der Waals surface area contributed by atoms with Gasteiger partial charge in [-0.25, -0.2) is 14.8 Å². The fraction of sp³-hybridized carbons (Fsp3) is 0.381. The Morgan fingerprint density at radius 2 is 2.00 bits per heavy atom. The van der Waals surface area contributed by atoms with Crippen molar-refractivity contribution in [3.05, 3.63) is 69.8 Å². The minimum absolute atomic E-state index is 0.233. The maximum Gasteiger partial charge on any atom is 0.327 e. The van der Waals surface area contributed by atoms with Crippen molar-refractivity contribution in [3.63, 3.8) is 0 Å². The molecule has 1 aliphatic carbocycles. The highest BCUT2D eigenvalue weighted by molar-refractivity contribution is 5.95. The second-order valence-corrected chi connectivity index (χ2v) is 7.69. The van der Waals surface area contributed by atoms with Gasteiger partial charge in [-0.1, -0.05) is 43.2 Å². The van der Waals surface area contributed by atoms with Crippen LogP contribution >= 0.6 is 0 Å². The Bertz CT molecular complexity index is 1050. The molecule has 0 spiro atoms. The predicted molar refractivity (Wildman–Crippen MR) is 113 cm³/mol. The van der Waals surface area contributed by atoms with Crippen molar-refractivity contribution < 1.29 is 0 Å². The van der Waals surface area contributed by atoms with E-state index in [-0.39, 0.29) is 11.5 Å². The van der Waals surface area contributed by atoms with E-state index in [4.69, 9.17) is 11.5 Å². The maximum atomic E-state index is 12.6. The number of hydrogen-bond acceptors (Lipinski definition) is 4. The fourth-order valence-corrected chi connectivity index (χ4v) is 3.91. The zero-order chi connectivity index (χ0) is 20.4. The zero-order valence-electron chi connectivity index (χ0n) is 16.6. The van der Waals surface area contributed by atoms with Crippen molar-refractivity contribution in [2.75, 3.05) is 0 Å². The summed E-state index contributed by atoms with van der Waals surface area (Å²) in [4.78, 5) is 27.7. The number of H-pyrrole nitrogens is 2. The Morgan fingerprint density at radius 3 is 2.69 bits per heavy atom. The van der Waals surface area contributed by atoms with E-state index in [0.29, 0.717) is 29.8 Å². The lowest BCUT2D eigenvalue weighted by molar-refractivity contribution is 0.702. The third kappa shape index (κ3) is 4.02. The molecule has 0 bridgehead atoms. The van der Waals surface area contributed by atoms with E-state index < -0.39 is 6.04 Å². The van der Waals surface area contributed by atoms with Gasteiger partial charge < -0.3 is 21.4 Å². The smallest absolute Gasteiger partial charge is 0.327 e. The molecule has 6 N–H and O–H groups in total. The lowest BCUT2D eigenvalue weighted by Crippen LogP contribution is -2.19. The van der Waals surface area contributed by atoms with E-state index >= 15 is 0 Å². The average Bonchev–Trinajstić information content (AvgIpc) is 3.45. The van der Waals surface area contributed by atoms with E-state index in [9.17, 15) is 4.79 Å². The Morgan fingerprint density at radius 1 is 1.28 bits per heavy atom. The highest BCUT2D eigenvalue weighted by atomic mass is 16.1. The first-order chi connectivity index (χ1) is 14.0. The molecule has 0 radical (unpaired) electrons. The number of aromatic amines is 2. The molecular weight excluding hydrogens is 366 g/mol. The summed E-state index contributed by atoms with van der Waals surface area (Å²) < 4.78 is 1.56. The van der Waals surface area contributed by atoms with Crippen LogP contribution in [0.25, 0.3) is 0 Å². The van der Waals surface area contributed by atoms with E-state index in [1.54, 1.807) is 11.5 Å². The molecule has 4 rings (SSSR count). The third-order valence-corrected chi connectivity index (χ3v) is 5.48. The number of amidine groups is 1. The monoisotopic (exact) mass is 393 g/mol. The van der Waals surface area contributed by atoms with E-state index in [2.05, 4.69) is 19.9 Å². The number of hydrogen-bond donors (Lipinski definition) is 4. The van der Waals surface area contributed by atoms with Crippen LogP contribution in [0.1, 0.15) is 67.3 Å². The summed E-state index contributed by atoms with van der Waals surface area (Å²) in [6.07, 6.45) is 6.67. The zero-order valence-corrected chi connectivity index (χ0v) is 16.6. The Kier molecular flexibility index (Phi) is 5.35. The number of nitrogens with two attached hydrogens (primary N) is 2. The van der Waals surface area contributed by atoms with Gasteiger partial charge >= 0.3 is 5.69 Å². The lowest BCUT2D eigenvalue weighted by Gasteiger charge is -2.09. The number of nitrogens with one attached hydrogen (secondary N) is 2. The fourth-order valence-electron chi connectivity index (χ4n) is 3.91. The Hall–Kier alpha value is -3.13. The van der Waals surface area contributed by atoms with Gasteiger partial charge in [0.05, 0.1) is 12.2 Å². The summed E-state index contributed by atoms with van der Waals surface area (Å²) in [6, 6.07) is 9.34. The molecule has 1 saturated carbocycles. The van der Waals surface area contributed by atoms with Gasteiger partial charge in [-0.2, -0.15) is 0 Å². The molecule has 1 unspecified atom stereocenters. The minimum Gasteiger partial charge on any atom is -0.381 e. The summed E-state index contributed by atoms with van der Waals surface area (Å²) in [6.45, 7) is 2.18. The molecule has 0 amide bonds. The standard InChI is InChI=1S/C21H27N7O/c1-13(22)17-20(28(21(29)26-17)12-14-7-3-2-4-8-14)27-18(23)19-24-11-16(25-19)15-9-5-6-10-15/h2-4,7-8,11,13,15H,5-6,9-10,12,22H2,1H3,(H2,23,27)(H,24,25)(H,26,29). The third-order valence-electron chi connectivity index (χ3n) is 5.48. The van der Waals surface area contributed by atoms with Gasteiger partial charge in [-0.05, 0) is 25.3 Å². The van der Waals surface area contributed by atoms with Gasteiger partial charge in [0, 0.05) is 23.9 Å². The maximum absolute atomic E-state index is 12.6. The largest absolute Gasteiger partial charge is 0.381 e. The van der Waals surface area contributed by atoms with Crippen molar-refractivity contribution in [2.45, 2.75) is 51.1 Å². The number of rotatable bonds is 6. The van der Waals surface area contributed by atoms with Crippen LogP contribution in [0.4, 0.5) is 5.82 Å². The average molecular weight is 393 g/mol. The van der Waals surface area contributed by atoms with Gasteiger partial charge in [-0.15, -0.1) is 0 Å². The molecule has 3 aromatic rings. The molecule has 152 valence electrons. The number of imidazole rings is 2. The van der Waals surface area contributed by atoms with Crippen LogP contribution in [0.15, 0.2) is 46.3 Å². The highest BCUT2D eigenvalue weighted by Gasteiger charge is 2.21. The van der Waals surface area contributed by atoms with E-state index in [1.165, 1.54) is 25.7 Å². The highest BCUT2D eigenvalue weighted by Crippen LogP contribution is 2.33. The van der Waals surface area contributed by atoms with Crippen LogP contribution in [0.2, 0.25) is 0 Å². The molecule has 1 aliphatic rings. The molecule has 8 heteroatoms. The van der Waals surface area contributed by atoms with Crippen molar-refractivity contribution in [3.8, 4) is 0 Å². The van der Waals surface area contributed by atoms with Crippen LogP contribution in [0.3, 0.4) is 0 Å². The quantitative estimate of drug-likeness (QED) is 0.379. The summed E-state index contributed by atoms with van der Waals surface area (Å²) >= 11 is 0. The predicted octanol–water partition coefficient (Wildman–Crippen LogP) is 2.66. The first-order valence-electron chi connectivity index (χ1n) is 10.0. The van der Waals surface area contributed by atoms with Crippen LogP contribution in [0, 0.1) is 0 Å². The first-order valence-corrected chi connectivity index (χ1v) is 10.0. The summed E-state index contributed by atoms with van der Waals surface area (Å²) in [7, 11) is 0. The second-order valence-electron chi connectivity index (χ2n) is 7.69. The molecule has 29 heavy (non-hydrogen) atoms. The van der Waals surface area contributed by atoms with Gasteiger partial charge in [-0.3, -0.25) is 4.57 Å². The lowest BCUT2D eigenvalue weighted by atomic mass is 10.1. The minimum atomic E-state index is -0.392. The molecule has 1 atom stereocenters. The molecule has 1 aromatic carbocycles. The molecule has 1 fully saturated rings. The molecular formula is C21H27N7O. The SMILES string of the molecule is CC(N)c1[nH]c(=O)n(Cc2ccccc2)c1N=C(N)c1ncc(C2CCCC2)[nH]1. The van der Waals surface area contributed by atoms with E-state index in [0.717, 1.165) is 11.3 Å². The molecule has 2 heterocycles. The summed E-state index contributed by atoms with van der Waals surface area (Å²) in [5.41, 5.74) is 14.7. The number of nitrogens with zero attached hydrogens (tertiary/aromatic N) is 3. The number of benzene rings is 1. The van der Waals surface area contributed by atoms with Crippen LogP contribution in [-0.2, 0) is 6.54 Å². The normalized spacial score (nSPS) is 16.4. The Labute approximate surface area is 169 Å².